The molecule has 0 aliphatic rings. The minimum Gasteiger partial charge on any atom is -0.399 e. The van der Waals surface area contributed by atoms with Gasteiger partial charge in [-0.1, -0.05) is 13.8 Å². The maximum atomic E-state index is 13.0. The highest BCUT2D eigenvalue weighted by molar-refractivity contribution is 7.91. The first-order valence-corrected chi connectivity index (χ1v) is 6.75. The fourth-order valence-electron chi connectivity index (χ4n) is 1.27. The third-order valence-corrected chi connectivity index (χ3v) is 3.94. The fraction of sp³-hybridized carbons (Fsp3) is 0.455. The molecule has 90 valence electrons. The Morgan fingerprint density at radius 3 is 2.44 bits per heavy atom. The molecule has 0 spiro atoms. The van der Waals surface area contributed by atoms with Gasteiger partial charge in [-0.3, -0.25) is 0 Å². The third kappa shape index (κ3) is 3.48. The van der Waals surface area contributed by atoms with Crippen LogP contribution >= 0.6 is 0 Å². The monoisotopic (exact) mass is 245 g/mol. The Labute approximate surface area is 95.4 Å². The van der Waals surface area contributed by atoms with Crippen molar-refractivity contribution in [2.45, 2.75) is 25.2 Å². The van der Waals surface area contributed by atoms with Crippen molar-refractivity contribution >= 4 is 15.5 Å². The molecular weight excluding hydrogens is 229 g/mol. The largest absolute Gasteiger partial charge is 0.399 e. The van der Waals surface area contributed by atoms with Gasteiger partial charge >= 0.3 is 0 Å². The molecule has 0 atom stereocenters. The number of nitrogens with two attached hydrogens (primary N) is 1. The molecule has 1 aromatic carbocycles. The van der Waals surface area contributed by atoms with Gasteiger partial charge in [-0.25, -0.2) is 12.8 Å². The second-order valence-electron chi connectivity index (χ2n) is 4.22. The zero-order valence-electron chi connectivity index (χ0n) is 9.40. The van der Waals surface area contributed by atoms with Gasteiger partial charge in [-0.2, -0.15) is 0 Å². The Morgan fingerprint density at radius 1 is 1.31 bits per heavy atom. The zero-order valence-corrected chi connectivity index (χ0v) is 10.2. The van der Waals surface area contributed by atoms with E-state index in [4.69, 9.17) is 5.73 Å². The summed E-state index contributed by atoms with van der Waals surface area (Å²) in [6.07, 6.45) is 0.554. The van der Waals surface area contributed by atoms with E-state index in [9.17, 15) is 12.8 Å². The van der Waals surface area contributed by atoms with Gasteiger partial charge in [0.2, 0.25) is 0 Å². The molecule has 0 aliphatic carbocycles. The molecule has 0 fully saturated rings. The summed E-state index contributed by atoms with van der Waals surface area (Å²) in [5.41, 5.74) is 5.54. The fourth-order valence-corrected chi connectivity index (χ4v) is 2.90. The number of hydrogen-bond donors (Lipinski definition) is 1. The molecule has 1 rings (SSSR count). The number of nitrogen functional groups attached to an aromatic ring is 1. The van der Waals surface area contributed by atoms with E-state index in [1.54, 1.807) is 0 Å². The van der Waals surface area contributed by atoms with Crippen LogP contribution in [0.4, 0.5) is 10.1 Å². The second kappa shape index (κ2) is 4.82. The highest BCUT2D eigenvalue weighted by Crippen LogP contribution is 2.18. The molecule has 1 aromatic rings. The molecule has 0 saturated heterocycles. The normalized spacial score (nSPS) is 12.0. The summed E-state index contributed by atoms with van der Waals surface area (Å²) in [7, 11) is -3.42. The molecule has 2 N–H and O–H groups in total. The average molecular weight is 245 g/mol. The maximum Gasteiger partial charge on any atom is 0.178 e. The Kier molecular flexibility index (Phi) is 3.91. The Morgan fingerprint density at radius 2 is 1.94 bits per heavy atom. The first kappa shape index (κ1) is 13.0. The Hall–Kier alpha value is -1.10. The van der Waals surface area contributed by atoms with E-state index in [2.05, 4.69) is 0 Å². The van der Waals surface area contributed by atoms with Gasteiger partial charge in [0.05, 0.1) is 10.6 Å². The van der Waals surface area contributed by atoms with Crippen LogP contribution in [0.25, 0.3) is 0 Å². The van der Waals surface area contributed by atoms with Crippen LogP contribution in [0.15, 0.2) is 23.1 Å². The van der Waals surface area contributed by atoms with Crippen molar-refractivity contribution in [3.8, 4) is 0 Å². The van der Waals surface area contributed by atoms with Gasteiger partial charge in [-0.05, 0) is 30.5 Å². The summed E-state index contributed by atoms with van der Waals surface area (Å²) >= 11 is 0. The van der Waals surface area contributed by atoms with E-state index in [0.29, 0.717) is 12.3 Å². The van der Waals surface area contributed by atoms with Crippen LogP contribution in [0, 0.1) is 11.7 Å². The second-order valence-corrected chi connectivity index (χ2v) is 6.33. The number of halogens is 1. The van der Waals surface area contributed by atoms with Crippen molar-refractivity contribution in [3.63, 3.8) is 0 Å². The summed E-state index contributed by atoms with van der Waals surface area (Å²) in [4.78, 5) is -0.0364. The molecule has 0 amide bonds. The molecule has 5 heteroatoms. The van der Waals surface area contributed by atoms with Gasteiger partial charge in [0, 0.05) is 5.69 Å². The van der Waals surface area contributed by atoms with E-state index in [0.717, 1.165) is 12.1 Å². The van der Waals surface area contributed by atoms with Crippen molar-refractivity contribution in [1.82, 2.24) is 0 Å². The lowest BCUT2D eigenvalue weighted by atomic mass is 10.2. The van der Waals surface area contributed by atoms with Crippen LogP contribution in [0.2, 0.25) is 0 Å². The van der Waals surface area contributed by atoms with Gasteiger partial charge in [0.1, 0.15) is 5.82 Å². The van der Waals surface area contributed by atoms with Crippen LogP contribution in [-0.4, -0.2) is 14.2 Å². The lowest BCUT2D eigenvalue weighted by molar-refractivity contribution is 0.571. The molecule has 16 heavy (non-hydrogen) atoms. The molecule has 0 bridgehead atoms. The van der Waals surface area contributed by atoms with Crippen molar-refractivity contribution in [2.24, 2.45) is 5.92 Å². The van der Waals surface area contributed by atoms with E-state index in [1.165, 1.54) is 6.07 Å². The predicted octanol–water partition coefficient (Wildman–Crippen LogP) is 2.23. The molecule has 0 heterocycles. The summed E-state index contributed by atoms with van der Waals surface area (Å²) < 4.78 is 36.7. The number of rotatable bonds is 4. The van der Waals surface area contributed by atoms with E-state index >= 15 is 0 Å². The minimum atomic E-state index is -3.42. The van der Waals surface area contributed by atoms with E-state index in [1.807, 2.05) is 13.8 Å². The lowest BCUT2D eigenvalue weighted by Crippen LogP contribution is -2.09. The minimum absolute atomic E-state index is 0.0214. The SMILES string of the molecule is CC(C)CCS(=O)(=O)c1cc(N)cc(F)c1. The van der Waals surface area contributed by atoms with Gasteiger partial charge in [0.25, 0.3) is 0 Å². The van der Waals surface area contributed by atoms with Crippen LogP contribution in [-0.2, 0) is 9.84 Å². The molecule has 0 aliphatic heterocycles. The number of hydrogen-bond acceptors (Lipinski definition) is 3. The van der Waals surface area contributed by atoms with Crippen LogP contribution < -0.4 is 5.73 Å². The van der Waals surface area contributed by atoms with Crippen molar-refractivity contribution in [1.29, 1.82) is 0 Å². The average Bonchev–Trinajstić information content (AvgIpc) is 2.13. The first-order valence-electron chi connectivity index (χ1n) is 5.10. The standard InChI is InChI=1S/C11H16FNO2S/c1-8(2)3-4-16(14,15)11-6-9(12)5-10(13)7-11/h5-8H,3-4,13H2,1-2H3. The van der Waals surface area contributed by atoms with Crippen LogP contribution in [0.5, 0.6) is 0 Å². The summed E-state index contributed by atoms with van der Waals surface area (Å²) in [6.45, 7) is 3.88. The summed E-state index contributed by atoms with van der Waals surface area (Å²) in [5, 5.41) is 0. The highest BCUT2D eigenvalue weighted by atomic mass is 32.2. The number of anilines is 1. The molecular formula is C11H16FNO2S. The van der Waals surface area contributed by atoms with Crippen molar-refractivity contribution < 1.29 is 12.8 Å². The number of sulfone groups is 1. The third-order valence-electron chi connectivity index (χ3n) is 2.22. The molecule has 3 nitrogen and oxygen atoms in total. The van der Waals surface area contributed by atoms with Gasteiger partial charge in [0.15, 0.2) is 9.84 Å². The quantitative estimate of drug-likeness (QED) is 0.827. The van der Waals surface area contributed by atoms with Crippen LogP contribution in [0.1, 0.15) is 20.3 Å². The lowest BCUT2D eigenvalue weighted by Gasteiger charge is -2.07. The van der Waals surface area contributed by atoms with Gasteiger partial charge < -0.3 is 5.73 Å². The molecule has 0 radical (unpaired) electrons. The maximum absolute atomic E-state index is 13.0. The summed E-state index contributed by atoms with van der Waals surface area (Å²) in [5.74, 6) is -0.308. The molecule has 0 saturated carbocycles. The smallest absolute Gasteiger partial charge is 0.178 e. The Balaban J connectivity index is 2.98. The molecule has 0 unspecified atom stereocenters. The predicted molar refractivity (Wildman–Crippen MR) is 62.3 cm³/mol. The zero-order chi connectivity index (χ0) is 12.3. The van der Waals surface area contributed by atoms with E-state index < -0.39 is 15.7 Å². The van der Waals surface area contributed by atoms with Crippen molar-refractivity contribution in [3.05, 3.63) is 24.0 Å². The van der Waals surface area contributed by atoms with Gasteiger partial charge in [-0.15, -0.1) is 0 Å². The summed E-state index contributed by atoms with van der Waals surface area (Å²) in [6, 6.07) is 3.40. The Bertz CT molecular complexity index is 449. The molecule has 0 aromatic heterocycles. The van der Waals surface area contributed by atoms with E-state index in [-0.39, 0.29) is 16.3 Å². The van der Waals surface area contributed by atoms with Crippen molar-refractivity contribution in [2.75, 3.05) is 11.5 Å². The number of benzene rings is 1. The first-order chi connectivity index (χ1) is 7.31. The van der Waals surface area contributed by atoms with Crippen LogP contribution in [0.3, 0.4) is 0 Å². The topological polar surface area (TPSA) is 60.2 Å². The highest BCUT2D eigenvalue weighted by Gasteiger charge is 2.16.